The maximum atomic E-state index is 13.7. The number of hydrogen-bond donors (Lipinski definition) is 0. The van der Waals surface area contributed by atoms with Crippen molar-refractivity contribution in [2.45, 2.75) is 26.8 Å². The summed E-state index contributed by atoms with van der Waals surface area (Å²) in [6.45, 7) is 9.57. The van der Waals surface area contributed by atoms with Crippen LogP contribution in [0.5, 0.6) is 5.75 Å². The number of methoxy groups -OCH3 is 1. The summed E-state index contributed by atoms with van der Waals surface area (Å²) in [5.74, 6) is 0.508. The first-order chi connectivity index (χ1) is 15.8. The van der Waals surface area contributed by atoms with Crippen molar-refractivity contribution >= 4 is 16.8 Å². The van der Waals surface area contributed by atoms with Gasteiger partial charge in [0.25, 0.3) is 5.56 Å². The second-order valence-corrected chi connectivity index (χ2v) is 8.45. The lowest BCUT2D eigenvalue weighted by Gasteiger charge is -2.35. The Hall–Kier alpha value is -3.39. The normalized spacial score (nSPS) is 15.6. The van der Waals surface area contributed by atoms with Crippen molar-refractivity contribution < 1.29 is 9.53 Å². The second-order valence-electron chi connectivity index (χ2n) is 8.45. The second kappa shape index (κ2) is 9.23. The number of hydrogen-bond acceptors (Lipinski definition) is 5. The largest absolute Gasteiger partial charge is 0.497 e. The summed E-state index contributed by atoms with van der Waals surface area (Å²) in [6.07, 6.45) is 0. The van der Waals surface area contributed by atoms with Crippen molar-refractivity contribution in [3.8, 4) is 11.4 Å². The number of ether oxygens (including phenoxy) is 1. The quantitative estimate of drug-likeness (QED) is 0.596. The summed E-state index contributed by atoms with van der Waals surface area (Å²) >= 11 is 0. The van der Waals surface area contributed by atoms with Gasteiger partial charge in [0.2, 0.25) is 5.91 Å². The number of nitrogens with zero attached hydrogens (tertiary/aromatic N) is 4. The molecular weight excluding hydrogens is 420 g/mol. The van der Waals surface area contributed by atoms with E-state index >= 15 is 0 Å². The minimum absolute atomic E-state index is 0.116. The van der Waals surface area contributed by atoms with Gasteiger partial charge in [-0.05, 0) is 56.8 Å². The number of benzene rings is 2. The first kappa shape index (κ1) is 22.8. The molecule has 1 aromatic heterocycles. The molecule has 1 fully saturated rings. The third kappa shape index (κ3) is 4.18. The van der Waals surface area contributed by atoms with Crippen LogP contribution < -0.4 is 16.0 Å². The lowest BCUT2D eigenvalue weighted by atomic mass is 10.1. The molecule has 0 bridgehead atoms. The van der Waals surface area contributed by atoms with Gasteiger partial charge in [-0.2, -0.15) is 0 Å². The number of carbonyl (C=O) groups excluding carboxylic acids is 1. The van der Waals surface area contributed by atoms with Crippen molar-refractivity contribution in [1.82, 2.24) is 18.9 Å². The Balaban J connectivity index is 1.86. The molecule has 1 atom stereocenters. The van der Waals surface area contributed by atoms with Gasteiger partial charge in [-0.3, -0.25) is 14.2 Å². The molecule has 2 aromatic carbocycles. The molecule has 174 valence electrons. The predicted molar refractivity (Wildman–Crippen MR) is 128 cm³/mol. The molecule has 1 saturated heterocycles. The average molecular weight is 451 g/mol. The zero-order valence-electron chi connectivity index (χ0n) is 19.6. The first-order valence-corrected chi connectivity index (χ1v) is 11.3. The molecule has 0 N–H and O–H groups in total. The summed E-state index contributed by atoms with van der Waals surface area (Å²) in [7, 11) is 1.56. The van der Waals surface area contributed by atoms with E-state index in [9.17, 15) is 14.4 Å². The summed E-state index contributed by atoms with van der Waals surface area (Å²) in [6, 6.07) is 11.4. The molecule has 0 unspecified atom stereocenters. The minimum Gasteiger partial charge on any atom is -0.497 e. The minimum atomic E-state index is -0.749. The van der Waals surface area contributed by atoms with Gasteiger partial charge in [-0.1, -0.05) is 18.6 Å². The third-order valence-electron chi connectivity index (χ3n) is 6.45. The zero-order chi connectivity index (χ0) is 23.7. The highest BCUT2D eigenvalue weighted by molar-refractivity contribution is 5.85. The van der Waals surface area contributed by atoms with Crippen molar-refractivity contribution in [2.75, 3.05) is 39.8 Å². The van der Waals surface area contributed by atoms with Gasteiger partial charge >= 0.3 is 5.69 Å². The van der Waals surface area contributed by atoms with Gasteiger partial charge in [-0.25, -0.2) is 9.36 Å². The molecule has 2 heterocycles. The van der Waals surface area contributed by atoms with Gasteiger partial charge in [-0.15, -0.1) is 0 Å². The molecular formula is C25H30N4O4. The van der Waals surface area contributed by atoms with Gasteiger partial charge in [0.05, 0.1) is 23.7 Å². The van der Waals surface area contributed by atoms with E-state index in [2.05, 4.69) is 11.8 Å². The van der Waals surface area contributed by atoms with Gasteiger partial charge in [0.1, 0.15) is 11.8 Å². The molecule has 0 saturated carbocycles. The maximum Gasteiger partial charge on any atom is 0.336 e. The molecule has 0 aliphatic carbocycles. The van der Waals surface area contributed by atoms with E-state index in [0.29, 0.717) is 35.4 Å². The van der Waals surface area contributed by atoms with E-state index in [4.69, 9.17) is 4.74 Å². The molecule has 1 aliphatic rings. The molecule has 0 spiro atoms. The third-order valence-corrected chi connectivity index (χ3v) is 6.45. The average Bonchev–Trinajstić information content (AvgIpc) is 2.84. The van der Waals surface area contributed by atoms with E-state index in [0.717, 1.165) is 29.8 Å². The van der Waals surface area contributed by atoms with Crippen LogP contribution >= 0.6 is 0 Å². The number of amides is 1. The van der Waals surface area contributed by atoms with E-state index in [1.807, 2.05) is 17.9 Å². The predicted octanol–water partition coefficient (Wildman–Crippen LogP) is 2.19. The Bertz CT molecular complexity index is 1280. The Morgan fingerprint density at radius 1 is 1.03 bits per heavy atom. The summed E-state index contributed by atoms with van der Waals surface area (Å²) in [5, 5.41) is 0.404. The highest BCUT2D eigenvalue weighted by Crippen LogP contribution is 2.19. The Kier molecular flexibility index (Phi) is 6.37. The van der Waals surface area contributed by atoms with Crippen LogP contribution in [-0.2, 0) is 4.79 Å². The fourth-order valence-corrected chi connectivity index (χ4v) is 4.44. The smallest absolute Gasteiger partial charge is 0.336 e. The van der Waals surface area contributed by atoms with Crippen molar-refractivity contribution in [3.05, 3.63) is 68.9 Å². The van der Waals surface area contributed by atoms with Crippen LogP contribution in [-0.4, -0.2) is 64.7 Å². The number of fused-ring (bicyclic) bond motifs is 1. The number of aromatic nitrogens is 2. The fraction of sp³-hybridized carbons (Fsp3) is 0.400. The van der Waals surface area contributed by atoms with Crippen LogP contribution in [0.3, 0.4) is 0 Å². The molecule has 3 aromatic rings. The summed E-state index contributed by atoms with van der Waals surface area (Å²) < 4.78 is 7.80. The van der Waals surface area contributed by atoms with Crippen molar-refractivity contribution in [3.63, 3.8) is 0 Å². The Morgan fingerprint density at radius 2 is 1.70 bits per heavy atom. The highest BCUT2D eigenvalue weighted by atomic mass is 16.5. The van der Waals surface area contributed by atoms with Crippen LogP contribution in [0.25, 0.3) is 16.6 Å². The monoisotopic (exact) mass is 450 g/mol. The van der Waals surface area contributed by atoms with E-state index in [-0.39, 0.29) is 5.91 Å². The number of carbonyl (C=O) groups is 1. The number of rotatable bonds is 5. The van der Waals surface area contributed by atoms with E-state index in [1.165, 1.54) is 4.57 Å². The number of piperazine rings is 1. The summed E-state index contributed by atoms with van der Waals surface area (Å²) in [5.41, 5.74) is 0.860. The van der Waals surface area contributed by atoms with Crippen LogP contribution in [0.4, 0.5) is 0 Å². The number of likely N-dealkylation sites (N-methyl/N-ethyl adjacent to an activating group) is 1. The molecule has 8 nitrogen and oxygen atoms in total. The van der Waals surface area contributed by atoms with E-state index in [1.54, 1.807) is 50.4 Å². The lowest BCUT2D eigenvalue weighted by molar-refractivity contribution is -0.136. The van der Waals surface area contributed by atoms with E-state index < -0.39 is 17.3 Å². The summed E-state index contributed by atoms with van der Waals surface area (Å²) in [4.78, 5) is 44.6. The van der Waals surface area contributed by atoms with Crippen molar-refractivity contribution in [1.29, 1.82) is 0 Å². The standard InChI is InChI=1S/C25H30N4O4/c1-5-26-12-14-27(15-13-26)23(30)18(3)28-22-11-6-17(2)16-21(22)24(31)29(25(28)32)19-7-9-20(33-4)10-8-19/h6-11,16,18H,5,12-15H2,1-4H3/t18-/m1/s1. The fourth-order valence-electron chi connectivity index (χ4n) is 4.44. The zero-order valence-corrected chi connectivity index (χ0v) is 19.6. The Labute approximate surface area is 192 Å². The van der Waals surface area contributed by atoms with Crippen LogP contribution in [0.15, 0.2) is 52.1 Å². The molecule has 1 aliphatic heterocycles. The molecule has 4 rings (SSSR count). The first-order valence-electron chi connectivity index (χ1n) is 11.3. The molecule has 8 heteroatoms. The maximum absolute atomic E-state index is 13.7. The highest BCUT2D eigenvalue weighted by Gasteiger charge is 2.28. The molecule has 1 amide bonds. The number of aryl methyl sites for hydroxylation is 1. The Morgan fingerprint density at radius 3 is 2.30 bits per heavy atom. The molecule has 33 heavy (non-hydrogen) atoms. The SMILES string of the molecule is CCN1CCN(C(=O)[C@@H](C)n2c(=O)n(-c3ccc(OC)cc3)c(=O)c3cc(C)ccc32)CC1. The van der Waals surface area contributed by atoms with Crippen LogP contribution in [0.1, 0.15) is 25.5 Å². The topological polar surface area (TPSA) is 76.8 Å². The lowest BCUT2D eigenvalue weighted by Crippen LogP contribution is -2.51. The molecule has 0 radical (unpaired) electrons. The van der Waals surface area contributed by atoms with Crippen molar-refractivity contribution in [2.24, 2.45) is 0 Å². The van der Waals surface area contributed by atoms with Crippen LogP contribution in [0.2, 0.25) is 0 Å². The van der Waals surface area contributed by atoms with Crippen LogP contribution in [0, 0.1) is 6.92 Å². The van der Waals surface area contributed by atoms with Gasteiger partial charge in [0, 0.05) is 26.2 Å². The van der Waals surface area contributed by atoms with Gasteiger partial charge in [0.15, 0.2) is 0 Å². The van der Waals surface area contributed by atoms with Gasteiger partial charge < -0.3 is 14.5 Å².